The second-order valence-corrected chi connectivity index (χ2v) is 6.68. The molecule has 3 unspecified atom stereocenters. The van der Waals surface area contributed by atoms with Crippen molar-refractivity contribution in [3.63, 3.8) is 0 Å². The van der Waals surface area contributed by atoms with Crippen molar-refractivity contribution >= 4 is 0 Å². The Morgan fingerprint density at radius 1 is 1.16 bits per heavy atom. The van der Waals surface area contributed by atoms with Crippen molar-refractivity contribution in [2.75, 3.05) is 0 Å². The van der Waals surface area contributed by atoms with Gasteiger partial charge in [0.15, 0.2) is 0 Å². The molecule has 0 radical (unpaired) electrons. The van der Waals surface area contributed by atoms with E-state index in [0.29, 0.717) is 23.6 Å². The first-order valence-electron chi connectivity index (χ1n) is 7.77. The molecular weight excluding hydrogens is 236 g/mol. The van der Waals surface area contributed by atoms with E-state index >= 15 is 0 Å². The van der Waals surface area contributed by atoms with Crippen molar-refractivity contribution in [3.8, 4) is 0 Å². The quantitative estimate of drug-likeness (QED) is 0.757. The van der Waals surface area contributed by atoms with Crippen LogP contribution >= 0.6 is 0 Å². The summed E-state index contributed by atoms with van der Waals surface area (Å²) in [7, 11) is 0. The van der Waals surface area contributed by atoms with Crippen LogP contribution in [0.25, 0.3) is 0 Å². The first-order valence-corrected chi connectivity index (χ1v) is 7.77. The molecule has 0 aromatic rings. The van der Waals surface area contributed by atoms with Crippen LogP contribution in [0, 0.1) is 11.8 Å². The van der Waals surface area contributed by atoms with E-state index in [0.717, 1.165) is 25.0 Å². The first-order chi connectivity index (χ1) is 8.77. The lowest BCUT2D eigenvalue weighted by Gasteiger charge is -2.40. The highest BCUT2D eigenvalue weighted by atomic mass is 16.3. The van der Waals surface area contributed by atoms with Crippen molar-refractivity contribution < 1.29 is 5.11 Å². The van der Waals surface area contributed by atoms with Gasteiger partial charge in [0.05, 0.1) is 11.2 Å². The van der Waals surface area contributed by atoms with Gasteiger partial charge in [-0.25, -0.2) is 5.01 Å². The largest absolute Gasteiger partial charge is 0.508 e. The van der Waals surface area contributed by atoms with Crippen LogP contribution in [0.4, 0.5) is 0 Å². The van der Waals surface area contributed by atoms with E-state index in [2.05, 4.69) is 58.9 Å². The van der Waals surface area contributed by atoms with Crippen LogP contribution in [0.1, 0.15) is 67.7 Å². The molecule has 3 heteroatoms. The van der Waals surface area contributed by atoms with Crippen LogP contribution in [-0.2, 0) is 0 Å². The minimum Gasteiger partial charge on any atom is -0.508 e. The summed E-state index contributed by atoms with van der Waals surface area (Å²) >= 11 is 0. The Bertz CT molecular complexity index is 338. The number of aliphatic hydroxyl groups excluding tert-OH is 1. The number of nitrogens with zero attached hydrogens (tertiary/aromatic N) is 1. The molecule has 2 N–H and O–H groups in total. The highest BCUT2D eigenvalue weighted by molar-refractivity contribution is 5.26. The predicted molar refractivity (Wildman–Crippen MR) is 81.7 cm³/mol. The Kier molecular flexibility index (Phi) is 5.31. The first kappa shape index (κ1) is 16.4. The second-order valence-electron chi connectivity index (χ2n) is 6.68. The van der Waals surface area contributed by atoms with Crippen LogP contribution < -0.4 is 5.43 Å². The van der Waals surface area contributed by atoms with Gasteiger partial charge >= 0.3 is 0 Å². The van der Waals surface area contributed by atoms with Crippen LogP contribution in [0.5, 0.6) is 0 Å². The van der Waals surface area contributed by atoms with Gasteiger partial charge in [-0.15, -0.1) is 0 Å². The molecule has 0 aromatic heterocycles. The molecule has 0 bridgehead atoms. The van der Waals surface area contributed by atoms with E-state index in [-0.39, 0.29) is 5.54 Å². The molecule has 0 aromatic carbocycles. The normalized spacial score (nSPS) is 27.8. The number of aliphatic hydroxyl groups is 1. The Balaban J connectivity index is 3.12. The summed E-state index contributed by atoms with van der Waals surface area (Å²) in [5.41, 5.74) is 4.24. The maximum absolute atomic E-state index is 10.7. The van der Waals surface area contributed by atoms with E-state index in [1.165, 1.54) is 0 Å². The minimum absolute atomic E-state index is 0.275. The zero-order valence-corrected chi connectivity index (χ0v) is 13.7. The van der Waals surface area contributed by atoms with Crippen molar-refractivity contribution in [1.82, 2.24) is 10.4 Å². The van der Waals surface area contributed by atoms with Gasteiger partial charge in [-0.1, -0.05) is 34.6 Å². The molecule has 1 aliphatic heterocycles. The minimum atomic E-state index is -0.275. The van der Waals surface area contributed by atoms with Crippen LogP contribution in [0.15, 0.2) is 11.5 Å². The van der Waals surface area contributed by atoms with Gasteiger partial charge in [-0.05, 0) is 39.0 Å². The van der Waals surface area contributed by atoms with Crippen molar-refractivity contribution in [3.05, 3.63) is 11.5 Å². The van der Waals surface area contributed by atoms with Crippen LogP contribution in [0.3, 0.4) is 0 Å². The lowest BCUT2D eigenvalue weighted by molar-refractivity contribution is 0.0314. The molecule has 1 aliphatic rings. The molecule has 0 amide bonds. The summed E-state index contributed by atoms with van der Waals surface area (Å²) in [4.78, 5) is 0. The highest BCUT2D eigenvalue weighted by Gasteiger charge is 2.46. The summed E-state index contributed by atoms with van der Waals surface area (Å²) in [6.07, 6.45) is 3.08. The smallest absolute Gasteiger partial charge is 0.135 e. The zero-order valence-electron chi connectivity index (χ0n) is 13.7. The molecule has 0 aliphatic carbocycles. The summed E-state index contributed by atoms with van der Waals surface area (Å²) < 4.78 is 0. The molecule has 0 saturated carbocycles. The number of hydrogen-bond donors (Lipinski definition) is 2. The fraction of sp³-hybridized carbons (Fsp3) is 0.875. The molecule has 0 spiro atoms. The SMILES string of the molecule is CCC(C)C1=C(O)C(C)(CC(C)C)N(C(C)CC)N1. The lowest BCUT2D eigenvalue weighted by atomic mass is 9.86. The average molecular weight is 268 g/mol. The van der Waals surface area contributed by atoms with Gasteiger partial charge < -0.3 is 10.5 Å². The Hall–Kier alpha value is -0.700. The van der Waals surface area contributed by atoms with Crippen molar-refractivity contribution in [2.24, 2.45) is 11.8 Å². The molecular formula is C16H32N2O. The van der Waals surface area contributed by atoms with E-state index in [4.69, 9.17) is 0 Å². The van der Waals surface area contributed by atoms with E-state index in [1.807, 2.05) is 0 Å². The van der Waals surface area contributed by atoms with Crippen molar-refractivity contribution in [2.45, 2.75) is 79.3 Å². The summed E-state index contributed by atoms with van der Waals surface area (Å²) in [5.74, 6) is 1.48. The third kappa shape index (κ3) is 3.07. The summed E-state index contributed by atoms with van der Waals surface area (Å²) in [5, 5.41) is 13.0. The highest BCUT2D eigenvalue weighted by Crippen LogP contribution is 2.39. The number of hydrazine groups is 1. The van der Waals surface area contributed by atoms with E-state index < -0.39 is 0 Å². The molecule has 1 rings (SSSR count). The predicted octanol–water partition coefficient (Wildman–Crippen LogP) is 4.23. The third-order valence-electron chi connectivity index (χ3n) is 4.48. The Labute approximate surface area is 119 Å². The number of hydrogen-bond acceptors (Lipinski definition) is 3. The van der Waals surface area contributed by atoms with Crippen molar-refractivity contribution in [1.29, 1.82) is 0 Å². The molecule has 112 valence electrons. The maximum Gasteiger partial charge on any atom is 0.135 e. The summed E-state index contributed by atoms with van der Waals surface area (Å²) in [6.45, 7) is 15.4. The molecule has 3 nitrogen and oxygen atoms in total. The molecule has 19 heavy (non-hydrogen) atoms. The monoisotopic (exact) mass is 268 g/mol. The fourth-order valence-corrected chi connectivity index (χ4v) is 3.03. The van der Waals surface area contributed by atoms with Gasteiger partial charge in [0.25, 0.3) is 0 Å². The number of nitrogens with one attached hydrogen (secondary N) is 1. The fourth-order valence-electron chi connectivity index (χ4n) is 3.03. The second kappa shape index (κ2) is 6.17. The summed E-state index contributed by atoms with van der Waals surface area (Å²) in [6, 6.07) is 0.410. The number of allylic oxidation sites excluding steroid dienone is 1. The van der Waals surface area contributed by atoms with Gasteiger partial charge in [-0.3, -0.25) is 0 Å². The molecule has 0 saturated heterocycles. The Morgan fingerprint density at radius 3 is 2.16 bits per heavy atom. The lowest BCUT2D eigenvalue weighted by Crippen LogP contribution is -2.53. The van der Waals surface area contributed by atoms with Gasteiger partial charge in [0.2, 0.25) is 0 Å². The Morgan fingerprint density at radius 2 is 1.74 bits per heavy atom. The average Bonchev–Trinajstić information content (AvgIpc) is 2.60. The van der Waals surface area contributed by atoms with E-state index in [1.54, 1.807) is 0 Å². The maximum atomic E-state index is 10.7. The standard InChI is InChI=1S/C16H32N2O/c1-8-12(5)14-15(19)16(7,10-11(3)4)18(17-14)13(6)9-2/h11-13,17,19H,8-10H2,1-7H3. The van der Waals surface area contributed by atoms with Crippen LogP contribution in [0.2, 0.25) is 0 Å². The molecule has 0 fully saturated rings. The third-order valence-corrected chi connectivity index (χ3v) is 4.48. The van der Waals surface area contributed by atoms with E-state index in [9.17, 15) is 5.11 Å². The molecule has 1 heterocycles. The van der Waals surface area contributed by atoms with Gasteiger partial charge in [0.1, 0.15) is 5.76 Å². The zero-order chi connectivity index (χ0) is 14.8. The van der Waals surface area contributed by atoms with Gasteiger partial charge in [-0.2, -0.15) is 0 Å². The topological polar surface area (TPSA) is 35.5 Å². The number of rotatable bonds is 6. The molecule has 3 atom stereocenters. The van der Waals surface area contributed by atoms with Crippen LogP contribution in [-0.4, -0.2) is 21.7 Å². The van der Waals surface area contributed by atoms with Gasteiger partial charge in [0, 0.05) is 12.0 Å².